The molecule has 1 aromatic carbocycles. The van der Waals surface area contributed by atoms with E-state index in [1.807, 2.05) is 6.07 Å². The van der Waals surface area contributed by atoms with Crippen molar-refractivity contribution in [3.63, 3.8) is 0 Å². The molecule has 1 rings (SSSR count). The van der Waals surface area contributed by atoms with E-state index < -0.39 is 17.8 Å². The molecule has 0 heterocycles. The highest BCUT2D eigenvalue weighted by atomic mass is 19.1. The summed E-state index contributed by atoms with van der Waals surface area (Å²) >= 11 is 0. The summed E-state index contributed by atoms with van der Waals surface area (Å²) in [5, 5.41) is 19.9. The SMILES string of the molecule is CC(NCc1cc(C#N)ccc1F)C(=O)O. The second-order valence-electron chi connectivity index (χ2n) is 3.36. The maximum atomic E-state index is 13.3. The fraction of sp³-hybridized carbons (Fsp3) is 0.273. The lowest BCUT2D eigenvalue weighted by atomic mass is 10.1. The first-order valence-electron chi connectivity index (χ1n) is 4.69. The normalized spacial score (nSPS) is 11.8. The Morgan fingerprint density at radius 2 is 2.38 bits per heavy atom. The van der Waals surface area contributed by atoms with Crippen LogP contribution in [-0.2, 0) is 11.3 Å². The number of benzene rings is 1. The molecule has 0 saturated heterocycles. The van der Waals surface area contributed by atoms with E-state index in [4.69, 9.17) is 10.4 Å². The molecule has 1 aromatic rings. The van der Waals surface area contributed by atoms with Gasteiger partial charge in [0.15, 0.2) is 0 Å². The number of nitrogens with one attached hydrogen (secondary N) is 1. The van der Waals surface area contributed by atoms with E-state index in [0.717, 1.165) is 0 Å². The monoisotopic (exact) mass is 222 g/mol. The fourth-order valence-corrected chi connectivity index (χ4v) is 1.13. The zero-order valence-corrected chi connectivity index (χ0v) is 8.70. The summed E-state index contributed by atoms with van der Waals surface area (Å²) in [5.41, 5.74) is 0.633. The van der Waals surface area contributed by atoms with Gasteiger partial charge in [-0.25, -0.2) is 4.39 Å². The van der Waals surface area contributed by atoms with E-state index in [1.165, 1.54) is 25.1 Å². The molecule has 0 bridgehead atoms. The van der Waals surface area contributed by atoms with Crippen LogP contribution in [-0.4, -0.2) is 17.1 Å². The first-order chi connectivity index (χ1) is 7.54. The number of nitriles is 1. The largest absolute Gasteiger partial charge is 0.480 e. The first kappa shape index (κ1) is 12.1. The van der Waals surface area contributed by atoms with Crippen molar-refractivity contribution in [1.29, 1.82) is 5.26 Å². The molecule has 0 aliphatic carbocycles. The van der Waals surface area contributed by atoms with Crippen LogP contribution in [0.2, 0.25) is 0 Å². The van der Waals surface area contributed by atoms with Crippen molar-refractivity contribution in [1.82, 2.24) is 5.32 Å². The maximum absolute atomic E-state index is 13.3. The fourth-order valence-electron chi connectivity index (χ4n) is 1.13. The van der Waals surface area contributed by atoms with Crippen molar-refractivity contribution in [3.05, 3.63) is 35.1 Å². The summed E-state index contributed by atoms with van der Waals surface area (Å²) in [4.78, 5) is 10.5. The van der Waals surface area contributed by atoms with Crippen LogP contribution in [0.1, 0.15) is 18.1 Å². The van der Waals surface area contributed by atoms with Gasteiger partial charge in [-0.2, -0.15) is 5.26 Å². The zero-order chi connectivity index (χ0) is 12.1. The van der Waals surface area contributed by atoms with Crippen LogP contribution in [0.4, 0.5) is 4.39 Å². The molecule has 16 heavy (non-hydrogen) atoms. The minimum Gasteiger partial charge on any atom is -0.480 e. The van der Waals surface area contributed by atoms with E-state index in [-0.39, 0.29) is 12.1 Å². The van der Waals surface area contributed by atoms with Gasteiger partial charge in [0.05, 0.1) is 11.6 Å². The Morgan fingerprint density at radius 1 is 1.69 bits per heavy atom. The lowest BCUT2D eigenvalue weighted by Crippen LogP contribution is -2.33. The van der Waals surface area contributed by atoms with Crippen LogP contribution >= 0.6 is 0 Å². The Morgan fingerprint density at radius 3 is 2.94 bits per heavy atom. The maximum Gasteiger partial charge on any atom is 0.320 e. The number of nitrogens with zero attached hydrogens (tertiary/aromatic N) is 1. The first-order valence-corrected chi connectivity index (χ1v) is 4.69. The summed E-state index contributed by atoms with van der Waals surface area (Å²) in [6.07, 6.45) is 0. The van der Waals surface area contributed by atoms with Gasteiger partial charge in [-0.15, -0.1) is 0 Å². The van der Waals surface area contributed by atoms with Crippen molar-refractivity contribution in [3.8, 4) is 6.07 Å². The third-order valence-electron chi connectivity index (χ3n) is 2.14. The van der Waals surface area contributed by atoms with Crippen molar-refractivity contribution >= 4 is 5.97 Å². The summed E-state index contributed by atoms with van der Waals surface area (Å²) in [6.45, 7) is 1.54. The smallest absolute Gasteiger partial charge is 0.320 e. The number of carbonyl (C=O) groups is 1. The zero-order valence-electron chi connectivity index (χ0n) is 8.70. The van der Waals surface area contributed by atoms with Gasteiger partial charge in [-0.3, -0.25) is 4.79 Å². The Labute approximate surface area is 92.3 Å². The molecule has 84 valence electrons. The van der Waals surface area contributed by atoms with Crippen molar-refractivity contribution in [2.75, 3.05) is 0 Å². The lowest BCUT2D eigenvalue weighted by Gasteiger charge is -2.09. The summed E-state index contributed by atoms with van der Waals surface area (Å²) < 4.78 is 13.3. The molecule has 1 atom stereocenters. The third-order valence-corrected chi connectivity index (χ3v) is 2.14. The Balaban J connectivity index is 2.74. The van der Waals surface area contributed by atoms with Crippen molar-refractivity contribution < 1.29 is 14.3 Å². The number of hydrogen-bond acceptors (Lipinski definition) is 3. The number of aliphatic carboxylic acids is 1. The van der Waals surface area contributed by atoms with E-state index in [1.54, 1.807) is 0 Å². The molecule has 4 nitrogen and oxygen atoms in total. The highest BCUT2D eigenvalue weighted by molar-refractivity contribution is 5.72. The van der Waals surface area contributed by atoms with Gasteiger partial charge in [-0.05, 0) is 25.1 Å². The topological polar surface area (TPSA) is 73.1 Å². The van der Waals surface area contributed by atoms with E-state index >= 15 is 0 Å². The number of carboxylic acids is 1. The summed E-state index contributed by atoms with van der Waals surface area (Å²) in [7, 11) is 0. The Hall–Kier alpha value is -1.93. The molecule has 1 unspecified atom stereocenters. The van der Waals surface area contributed by atoms with Crippen LogP contribution in [0.3, 0.4) is 0 Å². The average Bonchev–Trinajstić information content (AvgIpc) is 2.27. The van der Waals surface area contributed by atoms with E-state index in [0.29, 0.717) is 5.56 Å². The molecule has 2 N–H and O–H groups in total. The van der Waals surface area contributed by atoms with Gasteiger partial charge in [0, 0.05) is 12.1 Å². The number of rotatable bonds is 4. The Kier molecular flexibility index (Phi) is 3.97. The van der Waals surface area contributed by atoms with Crippen molar-refractivity contribution in [2.45, 2.75) is 19.5 Å². The molecule has 0 aromatic heterocycles. The molecule has 0 saturated carbocycles. The molecule has 0 amide bonds. The predicted octanol–water partition coefficient (Wildman–Crippen LogP) is 1.26. The van der Waals surface area contributed by atoms with Crippen LogP contribution in [0.15, 0.2) is 18.2 Å². The number of halogens is 1. The lowest BCUT2D eigenvalue weighted by molar-refractivity contribution is -0.139. The van der Waals surface area contributed by atoms with Gasteiger partial charge in [-0.1, -0.05) is 0 Å². The molecular weight excluding hydrogens is 211 g/mol. The van der Waals surface area contributed by atoms with E-state index in [2.05, 4.69) is 5.32 Å². The minimum absolute atomic E-state index is 0.0782. The molecule has 0 aliphatic rings. The molecule has 0 radical (unpaired) electrons. The van der Waals surface area contributed by atoms with Gasteiger partial charge in [0.25, 0.3) is 0 Å². The molecular formula is C11H11FN2O2. The number of hydrogen-bond donors (Lipinski definition) is 2. The standard InChI is InChI=1S/C11H11FN2O2/c1-7(11(15)16)14-6-9-4-8(5-13)2-3-10(9)12/h2-4,7,14H,6H2,1H3,(H,15,16). The predicted molar refractivity (Wildman–Crippen MR) is 55.1 cm³/mol. The average molecular weight is 222 g/mol. The van der Waals surface area contributed by atoms with Gasteiger partial charge in [0.1, 0.15) is 11.9 Å². The summed E-state index contributed by atoms with van der Waals surface area (Å²) in [6, 6.07) is 5.10. The van der Waals surface area contributed by atoms with E-state index in [9.17, 15) is 9.18 Å². The second kappa shape index (κ2) is 5.24. The molecule has 5 heteroatoms. The Bertz CT molecular complexity index is 440. The van der Waals surface area contributed by atoms with Gasteiger partial charge in [0.2, 0.25) is 0 Å². The molecule has 0 aliphatic heterocycles. The highest BCUT2D eigenvalue weighted by Crippen LogP contribution is 2.09. The second-order valence-corrected chi connectivity index (χ2v) is 3.36. The van der Waals surface area contributed by atoms with Crippen LogP contribution in [0, 0.1) is 17.1 Å². The van der Waals surface area contributed by atoms with Crippen molar-refractivity contribution in [2.24, 2.45) is 0 Å². The van der Waals surface area contributed by atoms with Gasteiger partial charge >= 0.3 is 5.97 Å². The molecule has 0 fully saturated rings. The quantitative estimate of drug-likeness (QED) is 0.804. The summed E-state index contributed by atoms with van der Waals surface area (Å²) in [5.74, 6) is -1.46. The van der Waals surface area contributed by atoms with Crippen LogP contribution in [0.5, 0.6) is 0 Å². The van der Waals surface area contributed by atoms with Crippen LogP contribution in [0.25, 0.3) is 0 Å². The van der Waals surface area contributed by atoms with Gasteiger partial charge < -0.3 is 10.4 Å². The van der Waals surface area contributed by atoms with Crippen LogP contribution < -0.4 is 5.32 Å². The third kappa shape index (κ3) is 3.04. The molecule has 0 spiro atoms. The number of carboxylic acid groups (broad SMARTS) is 1. The minimum atomic E-state index is -1.00. The highest BCUT2D eigenvalue weighted by Gasteiger charge is 2.11.